The molecule has 1 aliphatic rings. The highest BCUT2D eigenvalue weighted by atomic mass is 19.1. The highest BCUT2D eigenvalue weighted by Crippen LogP contribution is 2.12. The summed E-state index contributed by atoms with van der Waals surface area (Å²) in [6.07, 6.45) is -0.0000255. The Bertz CT molecular complexity index is 151. The van der Waals surface area contributed by atoms with Crippen LogP contribution in [0, 0.1) is 0 Å². The van der Waals surface area contributed by atoms with E-state index in [2.05, 4.69) is 0 Å². The van der Waals surface area contributed by atoms with Gasteiger partial charge in [0.1, 0.15) is 6.17 Å². The first kappa shape index (κ1) is 8.46. The first-order valence-electron chi connectivity index (χ1n) is 3.86. The number of halogens is 1. The second-order valence-electron chi connectivity index (χ2n) is 2.76. The molecule has 0 radical (unpaired) electrons. The number of alkyl halides is 1. The Morgan fingerprint density at radius 3 is 2.91 bits per heavy atom. The van der Waals surface area contributed by atoms with Crippen LogP contribution in [0.25, 0.3) is 0 Å². The van der Waals surface area contributed by atoms with Gasteiger partial charge in [-0.1, -0.05) is 0 Å². The van der Waals surface area contributed by atoms with Crippen molar-refractivity contribution in [3.63, 3.8) is 0 Å². The minimum Gasteiger partial charge on any atom is -0.340 e. The number of rotatable bonds is 2. The summed E-state index contributed by atoms with van der Waals surface area (Å²) in [4.78, 5) is 12.6. The topological polar surface area (TPSA) is 46.3 Å². The summed E-state index contributed by atoms with van der Waals surface area (Å²) >= 11 is 0. The molecule has 0 aromatic heterocycles. The molecule has 1 heterocycles. The summed E-state index contributed by atoms with van der Waals surface area (Å²) < 4.78 is 12.5. The molecule has 0 aromatic carbocycles. The maximum absolute atomic E-state index is 12.5. The molecule has 3 nitrogen and oxygen atoms in total. The largest absolute Gasteiger partial charge is 0.340 e. The first-order valence-corrected chi connectivity index (χ1v) is 3.86. The number of carbonyl (C=O) groups is 1. The summed E-state index contributed by atoms with van der Waals surface area (Å²) in [7, 11) is 0. The van der Waals surface area contributed by atoms with Crippen molar-refractivity contribution in [2.45, 2.75) is 19.0 Å². The van der Waals surface area contributed by atoms with Crippen LogP contribution < -0.4 is 5.73 Å². The second-order valence-corrected chi connectivity index (χ2v) is 2.76. The van der Waals surface area contributed by atoms with Crippen LogP contribution in [-0.4, -0.2) is 36.6 Å². The molecule has 64 valence electrons. The van der Waals surface area contributed by atoms with Crippen LogP contribution in [0.3, 0.4) is 0 Å². The molecule has 1 amide bonds. The molecule has 0 bridgehead atoms. The first-order chi connectivity index (χ1) is 5.24. The minimum atomic E-state index is -0.822. The maximum Gasteiger partial charge on any atom is 0.223 e. The van der Waals surface area contributed by atoms with E-state index in [1.807, 2.05) is 0 Å². The normalized spacial score (nSPS) is 24.2. The number of nitrogens with zero attached hydrogens (tertiary/aromatic N) is 1. The molecule has 1 fully saturated rings. The SMILES string of the molecule is NCCC(=O)N1CC[C@@H](F)C1. The van der Waals surface area contributed by atoms with Gasteiger partial charge in [-0.15, -0.1) is 0 Å². The number of carbonyl (C=O) groups excluding carboxylic acids is 1. The van der Waals surface area contributed by atoms with E-state index in [4.69, 9.17) is 5.73 Å². The van der Waals surface area contributed by atoms with Crippen LogP contribution in [-0.2, 0) is 4.79 Å². The molecule has 0 saturated carbocycles. The van der Waals surface area contributed by atoms with Crippen molar-refractivity contribution in [3.05, 3.63) is 0 Å². The molecule has 4 heteroatoms. The van der Waals surface area contributed by atoms with Crippen LogP contribution in [0.15, 0.2) is 0 Å². The van der Waals surface area contributed by atoms with E-state index in [1.54, 1.807) is 0 Å². The lowest BCUT2D eigenvalue weighted by Crippen LogP contribution is -2.30. The van der Waals surface area contributed by atoms with Crippen LogP contribution in [0.4, 0.5) is 4.39 Å². The monoisotopic (exact) mass is 160 g/mol. The average Bonchev–Trinajstić information content (AvgIpc) is 2.36. The minimum absolute atomic E-state index is 0.0207. The lowest BCUT2D eigenvalue weighted by atomic mass is 10.3. The van der Waals surface area contributed by atoms with Crippen molar-refractivity contribution in [2.75, 3.05) is 19.6 Å². The zero-order valence-corrected chi connectivity index (χ0v) is 6.42. The van der Waals surface area contributed by atoms with Gasteiger partial charge < -0.3 is 10.6 Å². The van der Waals surface area contributed by atoms with E-state index in [0.29, 0.717) is 25.9 Å². The van der Waals surface area contributed by atoms with Crippen LogP contribution in [0.2, 0.25) is 0 Å². The van der Waals surface area contributed by atoms with E-state index in [0.717, 1.165) is 0 Å². The fraction of sp³-hybridized carbons (Fsp3) is 0.857. The molecule has 1 saturated heterocycles. The molecular weight excluding hydrogens is 147 g/mol. The highest BCUT2D eigenvalue weighted by molar-refractivity contribution is 5.76. The van der Waals surface area contributed by atoms with Gasteiger partial charge in [-0.2, -0.15) is 0 Å². The lowest BCUT2D eigenvalue weighted by molar-refractivity contribution is -0.130. The fourth-order valence-electron chi connectivity index (χ4n) is 1.23. The van der Waals surface area contributed by atoms with Crippen LogP contribution in [0.1, 0.15) is 12.8 Å². The summed E-state index contributed by atoms with van der Waals surface area (Å²) in [6, 6.07) is 0. The molecule has 0 aliphatic carbocycles. The molecule has 1 aliphatic heterocycles. The number of hydrogen-bond donors (Lipinski definition) is 1. The van der Waals surface area contributed by atoms with E-state index in [1.165, 1.54) is 4.90 Å². The number of nitrogens with two attached hydrogens (primary N) is 1. The molecule has 11 heavy (non-hydrogen) atoms. The van der Waals surface area contributed by atoms with Crippen molar-refractivity contribution < 1.29 is 9.18 Å². The van der Waals surface area contributed by atoms with E-state index >= 15 is 0 Å². The fourth-order valence-corrected chi connectivity index (χ4v) is 1.23. The summed E-state index contributed by atoms with van der Waals surface area (Å²) in [6.45, 7) is 1.17. The Hall–Kier alpha value is -0.640. The molecule has 2 N–H and O–H groups in total. The number of amides is 1. The number of hydrogen-bond acceptors (Lipinski definition) is 2. The molecule has 1 atom stereocenters. The van der Waals surface area contributed by atoms with Crippen molar-refractivity contribution in [3.8, 4) is 0 Å². The molecule has 0 spiro atoms. The van der Waals surface area contributed by atoms with Gasteiger partial charge in [-0.3, -0.25) is 4.79 Å². The van der Waals surface area contributed by atoms with Crippen LogP contribution in [0.5, 0.6) is 0 Å². The van der Waals surface area contributed by atoms with Gasteiger partial charge in [-0.25, -0.2) is 4.39 Å². The van der Waals surface area contributed by atoms with E-state index in [9.17, 15) is 9.18 Å². The third-order valence-corrected chi connectivity index (χ3v) is 1.84. The molecular formula is C7H13FN2O. The Labute approximate surface area is 65.3 Å². The molecule has 0 unspecified atom stereocenters. The van der Waals surface area contributed by atoms with Gasteiger partial charge in [0.25, 0.3) is 0 Å². The van der Waals surface area contributed by atoms with Gasteiger partial charge in [0.15, 0.2) is 0 Å². The Kier molecular flexibility index (Phi) is 2.82. The Morgan fingerprint density at radius 2 is 2.45 bits per heavy atom. The smallest absolute Gasteiger partial charge is 0.223 e. The third kappa shape index (κ3) is 2.15. The predicted molar refractivity (Wildman–Crippen MR) is 39.8 cm³/mol. The third-order valence-electron chi connectivity index (χ3n) is 1.84. The maximum atomic E-state index is 12.5. The standard InChI is InChI=1S/C7H13FN2O/c8-6-2-4-10(5-6)7(11)1-3-9/h6H,1-5,9H2/t6-/m1/s1. The van der Waals surface area contributed by atoms with E-state index < -0.39 is 6.17 Å². The van der Waals surface area contributed by atoms with E-state index in [-0.39, 0.29) is 12.5 Å². The summed E-state index contributed by atoms with van der Waals surface area (Å²) in [5.74, 6) is -0.0207. The molecule has 1 rings (SSSR count). The second kappa shape index (κ2) is 3.67. The van der Waals surface area contributed by atoms with Gasteiger partial charge >= 0.3 is 0 Å². The quantitative estimate of drug-likeness (QED) is 0.613. The van der Waals surface area contributed by atoms with Gasteiger partial charge in [-0.05, 0) is 6.42 Å². The van der Waals surface area contributed by atoms with Gasteiger partial charge in [0.05, 0.1) is 6.54 Å². The van der Waals surface area contributed by atoms with Gasteiger partial charge in [0, 0.05) is 19.5 Å². The lowest BCUT2D eigenvalue weighted by Gasteiger charge is -2.13. The molecule has 0 aromatic rings. The number of likely N-dealkylation sites (tertiary alicyclic amines) is 1. The average molecular weight is 160 g/mol. The zero-order chi connectivity index (χ0) is 8.27. The summed E-state index contributed by atoms with van der Waals surface area (Å²) in [5.41, 5.74) is 5.19. The van der Waals surface area contributed by atoms with Crippen molar-refractivity contribution in [1.82, 2.24) is 4.90 Å². The van der Waals surface area contributed by atoms with Crippen molar-refractivity contribution >= 4 is 5.91 Å². The Balaban J connectivity index is 2.31. The zero-order valence-electron chi connectivity index (χ0n) is 6.42. The van der Waals surface area contributed by atoms with Crippen molar-refractivity contribution in [1.29, 1.82) is 0 Å². The Morgan fingerprint density at radius 1 is 1.73 bits per heavy atom. The van der Waals surface area contributed by atoms with Crippen LogP contribution >= 0.6 is 0 Å². The summed E-state index contributed by atoms with van der Waals surface area (Å²) in [5, 5.41) is 0. The highest BCUT2D eigenvalue weighted by Gasteiger charge is 2.24. The predicted octanol–water partition coefficient (Wildman–Crippen LogP) is -0.0944. The van der Waals surface area contributed by atoms with Gasteiger partial charge in [0.2, 0.25) is 5.91 Å². The van der Waals surface area contributed by atoms with Crippen molar-refractivity contribution in [2.24, 2.45) is 5.73 Å².